The second-order valence-electron chi connectivity index (χ2n) is 12.1. The molecule has 0 saturated heterocycles. The number of carbonyl (C=O) groups excluding carboxylic acids is 6. The number of cyclic esters (lactones) is 2. The van der Waals surface area contributed by atoms with E-state index in [0.29, 0.717) is 51.5 Å². The van der Waals surface area contributed by atoms with Crippen LogP contribution in [0, 0.1) is 18.8 Å². The van der Waals surface area contributed by atoms with Gasteiger partial charge in [0.15, 0.2) is 0 Å². The summed E-state index contributed by atoms with van der Waals surface area (Å²) in [7, 11) is 1.45. The van der Waals surface area contributed by atoms with Gasteiger partial charge < -0.3 is 33.2 Å². The second-order valence-corrected chi connectivity index (χ2v) is 12.1. The van der Waals surface area contributed by atoms with Crippen molar-refractivity contribution < 1.29 is 61.9 Å². The summed E-state index contributed by atoms with van der Waals surface area (Å²) in [6.45, 7) is 24.6. The van der Waals surface area contributed by atoms with Gasteiger partial charge in [0.05, 0.1) is 64.7 Å². The Balaban J connectivity index is 0.000000700. The van der Waals surface area contributed by atoms with Crippen molar-refractivity contribution in [1.82, 2.24) is 10.2 Å². The number of nitrogens with one attached hydrogen (secondary N) is 1. The molecule has 4 aliphatic rings. The van der Waals surface area contributed by atoms with E-state index in [9.17, 15) is 28.8 Å². The zero-order valence-corrected chi connectivity index (χ0v) is 34.1. The highest BCUT2D eigenvalue weighted by molar-refractivity contribution is 6.13. The third-order valence-corrected chi connectivity index (χ3v) is 7.70. The van der Waals surface area contributed by atoms with Gasteiger partial charge in [0.2, 0.25) is 0 Å². The molecule has 4 amide bonds. The average Bonchev–Trinajstić information content (AvgIpc) is 3.92. The molecule has 15 heteroatoms. The molecule has 3 heterocycles. The molecular formula is C44H58N2O13. The largest absolute Gasteiger partial charge is 0.502 e. The number of imide groups is 2. The van der Waals surface area contributed by atoms with Crippen LogP contribution in [0.1, 0.15) is 36.8 Å². The van der Waals surface area contributed by atoms with E-state index in [4.69, 9.17) is 28.4 Å². The molecule has 1 aromatic rings. The van der Waals surface area contributed by atoms with E-state index in [0.717, 1.165) is 30.3 Å². The van der Waals surface area contributed by atoms with Crippen molar-refractivity contribution in [3.05, 3.63) is 130 Å². The summed E-state index contributed by atoms with van der Waals surface area (Å²) in [5, 5.41) is 2.03. The van der Waals surface area contributed by atoms with Gasteiger partial charge in [0.25, 0.3) is 23.6 Å². The molecule has 1 aromatic carbocycles. The highest BCUT2D eigenvalue weighted by atomic mass is 16.6. The lowest BCUT2D eigenvalue weighted by atomic mass is 9.83. The van der Waals surface area contributed by atoms with Crippen molar-refractivity contribution >= 4 is 41.6 Å². The molecule has 0 aromatic heterocycles. The number of hydrogen-bond acceptors (Lipinski definition) is 13. The lowest BCUT2D eigenvalue weighted by Gasteiger charge is -2.27. The number of aryl methyl sites for hydroxylation is 1. The lowest BCUT2D eigenvalue weighted by Crippen LogP contribution is -2.24. The first-order valence-electron chi connectivity index (χ1n) is 18.6. The molecule has 0 atom stereocenters. The summed E-state index contributed by atoms with van der Waals surface area (Å²) in [5.74, 6) is -0.865. The minimum atomic E-state index is -0.579. The second kappa shape index (κ2) is 34.9. The first-order chi connectivity index (χ1) is 28.4. The van der Waals surface area contributed by atoms with Crippen LogP contribution < -0.4 is 5.32 Å². The van der Waals surface area contributed by atoms with E-state index in [1.807, 2.05) is 11.4 Å². The highest BCUT2D eigenvalue weighted by Gasteiger charge is 2.21. The number of nitrogens with zero attached hydrogens (tertiary/aromatic N) is 1. The fourth-order valence-electron chi connectivity index (χ4n) is 4.51. The van der Waals surface area contributed by atoms with Gasteiger partial charge in [0.1, 0.15) is 13.2 Å². The molecule has 59 heavy (non-hydrogen) atoms. The van der Waals surface area contributed by atoms with E-state index in [1.165, 1.54) is 93.2 Å². The number of likely N-dealkylation sites (N-methyl/N-ethyl adjacent to an activating group) is 1. The minimum absolute atomic E-state index is 0.241. The Hall–Kier alpha value is -6.32. The predicted molar refractivity (Wildman–Crippen MR) is 222 cm³/mol. The Bertz CT molecular complexity index is 1450. The predicted octanol–water partition coefficient (Wildman–Crippen LogP) is 5.46. The van der Waals surface area contributed by atoms with Gasteiger partial charge in [-0.1, -0.05) is 68.8 Å². The normalized spacial score (nSPS) is 16.6. The number of rotatable bonds is 18. The van der Waals surface area contributed by atoms with Crippen LogP contribution >= 0.6 is 0 Å². The summed E-state index contributed by atoms with van der Waals surface area (Å²) in [6, 6.07) is 8.28. The summed E-state index contributed by atoms with van der Waals surface area (Å²) in [4.78, 5) is 61.8. The minimum Gasteiger partial charge on any atom is -0.502 e. The highest BCUT2D eigenvalue weighted by Crippen LogP contribution is 2.29. The van der Waals surface area contributed by atoms with Gasteiger partial charge in [-0.15, -0.1) is 0 Å². The SMILES string of the molecule is C=COCC1CCC(COC=C)CC1.C=COCCOCCOCCOC=C.C=Cc1ccc(C)cc1.CN1C(=O)C=CC1=O.O=C1C=CC(=O)N1.O=C1C=CC(=O)O1. The van der Waals surface area contributed by atoms with Crippen molar-refractivity contribution in [3.63, 3.8) is 0 Å². The van der Waals surface area contributed by atoms with E-state index < -0.39 is 11.9 Å². The van der Waals surface area contributed by atoms with Crippen LogP contribution in [0.2, 0.25) is 0 Å². The quantitative estimate of drug-likeness (QED) is 0.0649. The molecule has 1 saturated carbocycles. The first-order valence-corrected chi connectivity index (χ1v) is 18.6. The summed E-state index contributed by atoms with van der Waals surface area (Å²) in [6.07, 6.45) is 19.8. The van der Waals surface area contributed by atoms with Crippen LogP contribution in [-0.2, 0) is 61.9 Å². The summed E-state index contributed by atoms with van der Waals surface area (Å²) >= 11 is 0. The van der Waals surface area contributed by atoms with Gasteiger partial charge in [-0.2, -0.15) is 0 Å². The molecule has 15 nitrogen and oxygen atoms in total. The van der Waals surface area contributed by atoms with Gasteiger partial charge in [-0.25, -0.2) is 9.59 Å². The Kier molecular flexibility index (Phi) is 31.2. The number of hydrogen-bond donors (Lipinski definition) is 1. The van der Waals surface area contributed by atoms with Gasteiger partial charge in [-0.3, -0.25) is 29.4 Å². The molecule has 322 valence electrons. The monoisotopic (exact) mass is 822 g/mol. The fraction of sp³-hybridized carbons (Fsp3) is 0.364. The van der Waals surface area contributed by atoms with Gasteiger partial charge in [0, 0.05) is 43.5 Å². The van der Waals surface area contributed by atoms with Crippen LogP contribution in [0.25, 0.3) is 6.08 Å². The molecule has 0 unspecified atom stereocenters. The standard InChI is InChI=1S/C12H20O2.C10H18O4.C9H10.C5H5NO2.C4H3NO2.C4H2O3/c1-3-13-9-11-5-7-12(8-6-11)10-14-4-2;1-3-11-5-7-13-9-10-14-8-6-12-4-2;1-3-9-6-4-8(2)5-7-9;1-6-4(7)2-3-5(6)8;6-3-1-2-4(7)5-3;5-3-1-2-4(6)7-3/h3-4,11-12H,1-2,5-10H2;3-4H,1-2,5-10H2;3-7H,1H2,2H3;2-3H,1H3;1-2H,(H,5,6,7);1-2H. The van der Waals surface area contributed by atoms with E-state index >= 15 is 0 Å². The third kappa shape index (κ3) is 29.6. The fourth-order valence-corrected chi connectivity index (χ4v) is 4.51. The smallest absolute Gasteiger partial charge is 0.338 e. The lowest BCUT2D eigenvalue weighted by molar-refractivity contribution is -0.150. The topological polar surface area (TPSA) is 182 Å². The number of amides is 4. The molecule has 1 N–H and O–H groups in total. The number of benzene rings is 1. The zero-order chi connectivity index (χ0) is 44.1. The Morgan fingerprint density at radius 2 is 0.983 bits per heavy atom. The molecule has 0 radical (unpaired) electrons. The van der Waals surface area contributed by atoms with Crippen molar-refractivity contribution in [3.8, 4) is 0 Å². The zero-order valence-electron chi connectivity index (χ0n) is 34.1. The molecular weight excluding hydrogens is 764 g/mol. The number of carbonyl (C=O) groups is 6. The van der Waals surface area contributed by atoms with E-state index in [2.05, 4.69) is 68.8 Å². The molecule has 1 fully saturated rings. The average molecular weight is 823 g/mol. The van der Waals surface area contributed by atoms with Crippen LogP contribution in [0.5, 0.6) is 0 Å². The van der Waals surface area contributed by atoms with E-state index in [-0.39, 0.29) is 23.6 Å². The molecule has 0 spiro atoms. The maximum atomic E-state index is 10.4. The molecule has 1 aliphatic carbocycles. The third-order valence-electron chi connectivity index (χ3n) is 7.70. The van der Waals surface area contributed by atoms with Crippen LogP contribution in [0.15, 0.2) is 119 Å². The van der Waals surface area contributed by atoms with Gasteiger partial charge >= 0.3 is 11.9 Å². The summed E-state index contributed by atoms with van der Waals surface area (Å²) in [5.41, 5.74) is 2.47. The number of esters is 2. The summed E-state index contributed by atoms with van der Waals surface area (Å²) < 4.78 is 34.5. The van der Waals surface area contributed by atoms with Crippen LogP contribution in [0.4, 0.5) is 0 Å². The van der Waals surface area contributed by atoms with Crippen LogP contribution in [0.3, 0.4) is 0 Å². The maximum Gasteiger partial charge on any atom is 0.338 e. The van der Waals surface area contributed by atoms with Crippen molar-refractivity contribution in [2.75, 3.05) is 59.9 Å². The van der Waals surface area contributed by atoms with Gasteiger partial charge in [-0.05, 0) is 50.0 Å². The Labute approximate surface area is 347 Å². The maximum absolute atomic E-state index is 10.4. The van der Waals surface area contributed by atoms with Crippen LogP contribution in [-0.4, -0.2) is 100 Å². The van der Waals surface area contributed by atoms with Crippen molar-refractivity contribution in [1.29, 1.82) is 0 Å². The Morgan fingerprint density at radius 1 is 0.593 bits per heavy atom. The van der Waals surface area contributed by atoms with Crippen molar-refractivity contribution in [2.45, 2.75) is 32.6 Å². The number of ether oxygens (including phenoxy) is 7. The first kappa shape index (κ1) is 52.7. The molecule has 5 rings (SSSR count). The van der Waals surface area contributed by atoms with E-state index in [1.54, 1.807) is 0 Å². The molecule has 0 bridgehead atoms. The van der Waals surface area contributed by atoms with Crippen molar-refractivity contribution in [2.24, 2.45) is 11.8 Å². The Morgan fingerprint density at radius 3 is 1.25 bits per heavy atom. The molecule has 3 aliphatic heterocycles.